The van der Waals surface area contributed by atoms with E-state index in [1.54, 1.807) is 7.11 Å². The molecule has 0 unspecified atom stereocenters. The maximum atomic E-state index is 5.39. The molecule has 0 saturated heterocycles. The highest BCUT2D eigenvalue weighted by Crippen LogP contribution is 2.32. The van der Waals surface area contributed by atoms with Crippen molar-refractivity contribution < 1.29 is 4.74 Å². The zero-order valence-corrected chi connectivity index (χ0v) is 16.0. The van der Waals surface area contributed by atoms with Crippen LogP contribution in [0.2, 0.25) is 0 Å². The molecule has 0 fully saturated rings. The van der Waals surface area contributed by atoms with E-state index >= 15 is 0 Å². The van der Waals surface area contributed by atoms with Gasteiger partial charge in [0, 0.05) is 33.9 Å². The first-order valence-corrected chi connectivity index (χ1v) is 9.50. The highest BCUT2D eigenvalue weighted by molar-refractivity contribution is 6.08. The highest BCUT2D eigenvalue weighted by Gasteiger charge is 2.13. The number of hydrogen-bond acceptors (Lipinski definition) is 2. The molecule has 0 atom stereocenters. The quantitative estimate of drug-likeness (QED) is 0.409. The van der Waals surface area contributed by atoms with E-state index < -0.39 is 0 Å². The van der Waals surface area contributed by atoms with Crippen LogP contribution in [0.5, 0.6) is 5.75 Å². The second-order valence-corrected chi connectivity index (χ2v) is 6.82. The van der Waals surface area contributed by atoms with Gasteiger partial charge in [0.15, 0.2) is 0 Å². The van der Waals surface area contributed by atoms with Crippen LogP contribution in [0.3, 0.4) is 0 Å². The van der Waals surface area contributed by atoms with Gasteiger partial charge in [0.05, 0.1) is 24.7 Å². The molecular weight excluding hydrogens is 346 g/mol. The fourth-order valence-electron chi connectivity index (χ4n) is 4.02. The minimum Gasteiger partial charge on any atom is -0.497 e. The summed E-state index contributed by atoms with van der Waals surface area (Å²) in [5.74, 6) is 0.840. The topological polar surface area (TPSA) is 32.0 Å². The van der Waals surface area contributed by atoms with E-state index in [1.165, 1.54) is 21.8 Å². The number of benzene rings is 3. The molecule has 0 aliphatic heterocycles. The Kier molecular flexibility index (Phi) is 3.90. The lowest BCUT2D eigenvalue weighted by atomic mass is 10.1. The summed E-state index contributed by atoms with van der Waals surface area (Å²) in [6.45, 7) is 3.13. The molecule has 4 heteroatoms. The second-order valence-electron chi connectivity index (χ2n) is 6.82. The first-order chi connectivity index (χ1) is 13.8. The predicted octanol–water partition coefficient (Wildman–Crippen LogP) is 5.68. The fraction of sp³-hybridized carbons (Fsp3) is 0.125. The number of hydrogen-bond donors (Lipinski definition) is 0. The number of para-hydroxylation sites is 1. The summed E-state index contributed by atoms with van der Waals surface area (Å²) in [6.07, 6.45) is 1.84. The largest absolute Gasteiger partial charge is 0.497 e. The second kappa shape index (κ2) is 6.57. The van der Waals surface area contributed by atoms with E-state index in [9.17, 15) is 0 Å². The third kappa shape index (κ3) is 2.49. The summed E-state index contributed by atoms with van der Waals surface area (Å²) in [5, 5.41) is 7.13. The lowest BCUT2D eigenvalue weighted by molar-refractivity contribution is 0.415. The van der Waals surface area contributed by atoms with E-state index in [0.717, 1.165) is 29.2 Å². The predicted molar refractivity (Wildman–Crippen MR) is 114 cm³/mol. The molecule has 2 heterocycles. The third-order valence-electron chi connectivity index (χ3n) is 5.32. The molecule has 5 aromatic rings. The van der Waals surface area contributed by atoms with Crippen molar-refractivity contribution in [3.05, 3.63) is 79.0 Å². The zero-order valence-electron chi connectivity index (χ0n) is 16.0. The standard InChI is InChI=1S/C24H21N3O/c1-3-26-23-10-5-4-9-20(23)21-16-18(11-12-24(21)26)27-22(13-14-25-27)17-7-6-8-19(15-17)28-2/h4-16H,3H2,1-2H3. The first-order valence-electron chi connectivity index (χ1n) is 9.50. The van der Waals surface area contributed by atoms with Crippen molar-refractivity contribution in [3.8, 4) is 22.7 Å². The Hall–Kier alpha value is -3.53. The van der Waals surface area contributed by atoms with Gasteiger partial charge in [-0.3, -0.25) is 0 Å². The Balaban J connectivity index is 1.71. The number of rotatable bonds is 4. The van der Waals surface area contributed by atoms with Crippen molar-refractivity contribution in [2.45, 2.75) is 13.5 Å². The molecule has 0 N–H and O–H groups in total. The van der Waals surface area contributed by atoms with Gasteiger partial charge in [0.25, 0.3) is 0 Å². The number of nitrogens with zero attached hydrogens (tertiary/aromatic N) is 3. The van der Waals surface area contributed by atoms with Gasteiger partial charge in [0.2, 0.25) is 0 Å². The van der Waals surface area contributed by atoms with Crippen molar-refractivity contribution in [2.24, 2.45) is 0 Å². The Morgan fingerprint density at radius 3 is 2.57 bits per heavy atom. The number of aryl methyl sites for hydroxylation is 1. The van der Waals surface area contributed by atoms with Crippen molar-refractivity contribution >= 4 is 21.8 Å². The fourth-order valence-corrected chi connectivity index (χ4v) is 4.02. The summed E-state index contributed by atoms with van der Waals surface area (Å²) >= 11 is 0. The van der Waals surface area contributed by atoms with Crippen LogP contribution < -0.4 is 4.74 Å². The molecule has 0 bridgehead atoms. The zero-order chi connectivity index (χ0) is 19.1. The molecule has 0 aliphatic carbocycles. The van der Waals surface area contributed by atoms with Crippen LogP contribution in [0.25, 0.3) is 38.8 Å². The highest BCUT2D eigenvalue weighted by atomic mass is 16.5. The lowest BCUT2D eigenvalue weighted by Gasteiger charge is -2.10. The average Bonchev–Trinajstić information content (AvgIpc) is 3.36. The molecule has 0 spiro atoms. The maximum absolute atomic E-state index is 5.39. The summed E-state index contributed by atoms with van der Waals surface area (Å²) < 4.78 is 9.74. The van der Waals surface area contributed by atoms with E-state index in [2.05, 4.69) is 65.1 Å². The molecule has 0 aliphatic rings. The summed E-state index contributed by atoms with van der Waals surface area (Å²) in [4.78, 5) is 0. The molecule has 28 heavy (non-hydrogen) atoms. The number of ether oxygens (including phenoxy) is 1. The molecule has 0 radical (unpaired) electrons. The normalized spacial score (nSPS) is 11.4. The Morgan fingerprint density at radius 2 is 1.71 bits per heavy atom. The third-order valence-corrected chi connectivity index (χ3v) is 5.32. The summed E-state index contributed by atoms with van der Waals surface area (Å²) in [6, 6.07) is 25.3. The molecule has 2 aromatic heterocycles. The van der Waals surface area contributed by atoms with Gasteiger partial charge in [-0.05, 0) is 49.4 Å². The van der Waals surface area contributed by atoms with E-state index in [1.807, 2.05) is 35.1 Å². The van der Waals surface area contributed by atoms with Crippen molar-refractivity contribution in [1.82, 2.24) is 14.3 Å². The van der Waals surface area contributed by atoms with Gasteiger partial charge in [-0.15, -0.1) is 0 Å². The van der Waals surface area contributed by atoms with E-state index in [-0.39, 0.29) is 0 Å². The molecule has 5 rings (SSSR count). The molecular formula is C24H21N3O. The van der Waals surface area contributed by atoms with Crippen molar-refractivity contribution in [1.29, 1.82) is 0 Å². The first kappa shape index (κ1) is 16.6. The van der Waals surface area contributed by atoms with Gasteiger partial charge in [0.1, 0.15) is 5.75 Å². The molecule has 4 nitrogen and oxygen atoms in total. The van der Waals surface area contributed by atoms with Crippen molar-refractivity contribution in [3.63, 3.8) is 0 Å². The smallest absolute Gasteiger partial charge is 0.119 e. The van der Waals surface area contributed by atoms with E-state index in [0.29, 0.717) is 0 Å². The maximum Gasteiger partial charge on any atom is 0.119 e. The lowest BCUT2D eigenvalue weighted by Crippen LogP contribution is -1.99. The van der Waals surface area contributed by atoms with Crippen LogP contribution >= 0.6 is 0 Å². The van der Waals surface area contributed by atoms with Gasteiger partial charge >= 0.3 is 0 Å². The molecule has 0 amide bonds. The van der Waals surface area contributed by atoms with Crippen molar-refractivity contribution in [2.75, 3.05) is 7.11 Å². The SMILES string of the molecule is CCn1c2ccccc2c2cc(-n3nccc3-c3cccc(OC)c3)ccc21. The van der Waals surface area contributed by atoms with Crippen LogP contribution in [-0.4, -0.2) is 21.5 Å². The summed E-state index contributed by atoms with van der Waals surface area (Å²) in [5.41, 5.74) is 5.69. The number of methoxy groups -OCH3 is 1. The summed E-state index contributed by atoms with van der Waals surface area (Å²) in [7, 11) is 1.69. The van der Waals surface area contributed by atoms with Gasteiger partial charge in [-0.25, -0.2) is 4.68 Å². The number of fused-ring (bicyclic) bond motifs is 3. The van der Waals surface area contributed by atoms with Crippen LogP contribution in [0.1, 0.15) is 6.92 Å². The molecule has 3 aromatic carbocycles. The molecule has 138 valence electrons. The van der Waals surface area contributed by atoms with Crippen LogP contribution in [0, 0.1) is 0 Å². The molecule has 0 saturated carbocycles. The van der Waals surface area contributed by atoms with Crippen LogP contribution in [0.4, 0.5) is 0 Å². The minimum atomic E-state index is 0.840. The van der Waals surface area contributed by atoms with E-state index in [4.69, 9.17) is 4.74 Å². The van der Waals surface area contributed by atoms with Gasteiger partial charge in [-0.1, -0.05) is 30.3 Å². The van der Waals surface area contributed by atoms with Crippen LogP contribution in [0.15, 0.2) is 79.0 Å². The Morgan fingerprint density at radius 1 is 0.857 bits per heavy atom. The van der Waals surface area contributed by atoms with Gasteiger partial charge in [-0.2, -0.15) is 5.10 Å². The number of aromatic nitrogens is 3. The minimum absolute atomic E-state index is 0.840. The monoisotopic (exact) mass is 367 g/mol. The van der Waals surface area contributed by atoms with Crippen LogP contribution in [-0.2, 0) is 6.54 Å². The van der Waals surface area contributed by atoms with Gasteiger partial charge < -0.3 is 9.30 Å². The Bertz CT molecular complexity index is 1300. The average molecular weight is 367 g/mol. The Labute approximate surface area is 163 Å².